The molecule has 0 unspecified atom stereocenters. The Morgan fingerprint density at radius 3 is 2.61 bits per heavy atom. The van der Waals surface area contributed by atoms with E-state index in [0.29, 0.717) is 31.8 Å². The lowest BCUT2D eigenvalue weighted by molar-refractivity contribution is 0.0264. The monoisotopic (exact) mass is 391 g/mol. The first-order valence-electron chi connectivity index (χ1n) is 10.8. The Kier molecular flexibility index (Phi) is 10.6. The second kappa shape index (κ2) is 13.3. The lowest BCUT2D eigenvalue weighted by Gasteiger charge is -2.21. The summed E-state index contributed by atoms with van der Waals surface area (Å²) in [6, 6.07) is 5.66. The van der Waals surface area contributed by atoms with Gasteiger partial charge in [-0.25, -0.2) is 0 Å². The number of nitrogens with one attached hydrogen (secondary N) is 1. The highest BCUT2D eigenvalue weighted by atomic mass is 16.5. The molecule has 0 saturated heterocycles. The molecular weight excluding hydrogens is 354 g/mol. The molecule has 0 atom stereocenters. The molecule has 0 spiro atoms. The van der Waals surface area contributed by atoms with Crippen LogP contribution in [0.4, 0.5) is 5.69 Å². The van der Waals surface area contributed by atoms with E-state index in [2.05, 4.69) is 10.3 Å². The van der Waals surface area contributed by atoms with Crippen LogP contribution in [0.15, 0.2) is 23.2 Å². The highest BCUT2D eigenvalue weighted by Crippen LogP contribution is 2.29. The number of aliphatic imine (C=N–C) groups is 1. The Labute approximate surface area is 169 Å². The van der Waals surface area contributed by atoms with Crippen molar-refractivity contribution >= 4 is 11.6 Å². The van der Waals surface area contributed by atoms with E-state index in [1.54, 1.807) is 0 Å². The second-order valence-electron chi connectivity index (χ2n) is 7.11. The zero-order valence-electron chi connectivity index (χ0n) is 17.5. The van der Waals surface area contributed by atoms with E-state index in [9.17, 15) is 0 Å². The summed E-state index contributed by atoms with van der Waals surface area (Å²) in [4.78, 5) is 4.43. The summed E-state index contributed by atoms with van der Waals surface area (Å²) < 4.78 is 17.2. The van der Waals surface area contributed by atoms with E-state index in [0.717, 1.165) is 43.1 Å². The largest absolute Gasteiger partial charge is 0.494 e. The molecule has 1 aliphatic carbocycles. The van der Waals surface area contributed by atoms with E-state index in [1.807, 2.05) is 32.0 Å². The van der Waals surface area contributed by atoms with Gasteiger partial charge in [0.2, 0.25) is 0 Å². The SMILES string of the molecule is CCOc1ccc(OCC)c(NC(N)=NCCCCCOC2CCCCC2)c1. The number of guanidine groups is 1. The number of anilines is 1. The van der Waals surface area contributed by atoms with Crippen LogP contribution in [-0.4, -0.2) is 38.4 Å². The van der Waals surface area contributed by atoms with E-state index in [4.69, 9.17) is 19.9 Å². The topological polar surface area (TPSA) is 78.1 Å². The third kappa shape index (κ3) is 8.38. The first kappa shape index (κ1) is 22.3. The first-order valence-corrected chi connectivity index (χ1v) is 10.8. The number of hydrogen-bond donors (Lipinski definition) is 2. The van der Waals surface area contributed by atoms with E-state index in [-0.39, 0.29) is 0 Å². The fraction of sp³-hybridized carbons (Fsp3) is 0.682. The maximum Gasteiger partial charge on any atom is 0.193 e. The molecule has 1 aromatic rings. The molecule has 0 heterocycles. The van der Waals surface area contributed by atoms with E-state index < -0.39 is 0 Å². The standard InChI is InChI=1S/C22H37N3O3/c1-3-26-19-13-14-21(27-4-2)20(17-19)25-22(23)24-15-9-6-10-16-28-18-11-7-5-8-12-18/h13-14,17-18H,3-12,15-16H2,1-2H3,(H3,23,24,25). The predicted molar refractivity (Wildman–Crippen MR) is 116 cm³/mol. The predicted octanol–water partition coefficient (Wildman–Crippen LogP) is 4.73. The first-order chi connectivity index (χ1) is 13.7. The van der Waals surface area contributed by atoms with Crippen LogP contribution in [0.1, 0.15) is 65.2 Å². The fourth-order valence-electron chi connectivity index (χ4n) is 3.39. The van der Waals surface area contributed by atoms with Crippen LogP contribution in [0.25, 0.3) is 0 Å². The summed E-state index contributed by atoms with van der Waals surface area (Å²) in [6.07, 6.45) is 10.2. The van der Waals surface area contributed by atoms with Crippen molar-refractivity contribution in [2.24, 2.45) is 10.7 Å². The molecule has 1 fully saturated rings. The minimum absolute atomic E-state index is 0.396. The minimum atomic E-state index is 0.396. The molecule has 28 heavy (non-hydrogen) atoms. The van der Waals surface area contributed by atoms with Gasteiger partial charge in [0.25, 0.3) is 0 Å². The lowest BCUT2D eigenvalue weighted by Crippen LogP contribution is -2.23. The van der Waals surface area contributed by atoms with Gasteiger partial charge in [-0.2, -0.15) is 0 Å². The lowest BCUT2D eigenvalue weighted by atomic mass is 9.98. The molecule has 2 rings (SSSR count). The number of rotatable bonds is 12. The summed E-state index contributed by atoms with van der Waals surface area (Å²) in [6.45, 7) is 6.68. The maximum absolute atomic E-state index is 6.05. The Balaban J connectivity index is 1.69. The molecule has 1 saturated carbocycles. The zero-order chi connectivity index (χ0) is 20.0. The number of benzene rings is 1. The smallest absolute Gasteiger partial charge is 0.193 e. The molecule has 0 aromatic heterocycles. The normalized spacial score (nSPS) is 15.4. The number of hydrogen-bond acceptors (Lipinski definition) is 4. The van der Waals surface area contributed by atoms with Crippen molar-refractivity contribution in [1.82, 2.24) is 0 Å². The quantitative estimate of drug-likeness (QED) is 0.306. The summed E-state index contributed by atoms with van der Waals surface area (Å²) >= 11 is 0. The van der Waals surface area contributed by atoms with Crippen LogP contribution in [0.2, 0.25) is 0 Å². The van der Waals surface area contributed by atoms with Gasteiger partial charge >= 0.3 is 0 Å². The summed E-state index contributed by atoms with van der Waals surface area (Å²) in [5, 5.41) is 3.14. The van der Waals surface area contributed by atoms with Gasteiger partial charge < -0.3 is 25.3 Å². The molecule has 1 aliphatic rings. The van der Waals surface area contributed by atoms with Crippen molar-refractivity contribution in [1.29, 1.82) is 0 Å². The molecule has 6 heteroatoms. The van der Waals surface area contributed by atoms with Crippen molar-refractivity contribution in [3.05, 3.63) is 18.2 Å². The van der Waals surface area contributed by atoms with Gasteiger partial charge in [-0.3, -0.25) is 4.99 Å². The minimum Gasteiger partial charge on any atom is -0.494 e. The van der Waals surface area contributed by atoms with E-state index >= 15 is 0 Å². The zero-order valence-corrected chi connectivity index (χ0v) is 17.5. The van der Waals surface area contributed by atoms with Gasteiger partial charge in [0.15, 0.2) is 5.96 Å². The van der Waals surface area contributed by atoms with Crippen LogP contribution in [0, 0.1) is 0 Å². The molecule has 0 amide bonds. The van der Waals surface area contributed by atoms with Gasteiger partial charge in [0.1, 0.15) is 11.5 Å². The Hall–Kier alpha value is -1.95. The van der Waals surface area contributed by atoms with Crippen molar-refractivity contribution in [3.63, 3.8) is 0 Å². The van der Waals surface area contributed by atoms with Crippen molar-refractivity contribution in [2.75, 3.05) is 31.7 Å². The highest BCUT2D eigenvalue weighted by Gasteiger charge is 2.12. The van der Waals surface area contributed by atoms with Crippen molar-refractivity contribution in [3.8, 4) is 11.5 Å². The molecule has 6 nitrogen and oxygen atoms in total. The number of unbranched alkanes of at least 4 members (excludes halogenated alkanes) is 2. The van der Waals surface area contributed by atoms with Crippen molar-refractivity contribution < 1.29 is 14.2 Å². The Bertz CT molecular complexity index is 586. The summed E-state index contributed by atoms with van der Waals surface area (Å²) in [5.41, 5.74) is 6.82. The molecule has 0 radical (unpaired) electrons. The fourth-order valence-corrected chi connectivity index (χ4v) is 3.39. The maximum atomic E-state index is 6.05. The van der Waals surface area contributed by atoms with Gasteiger partial charge in [0.05, 0.1) is 25.0 Å². The van der Waals surface area contributed by atoms with Gasteiger partial charge in [0, 0.05) is 19.2 Å². The molecule has 0 bridgehead atoms. The van der Waals surface area contributed by atoms with E-state index in [1.165, 1.54) is 32.1 Å². The van der Waals surface area contributed by atoms with Crippen LogP contribution in [0.3, 0.4) is 0 Å². The van der Waals surface area contributed by atoms with Crippen LogP contribution < -0.4 is 20.5 Å². The summed E-state index contributed by atoms with van der Waals surface area (Å²) in [7, 11) is 0. The van der Waals surface area contributed by atoms with Gasteiger partial charge in [-0.1, -0.05) is 19.3 Å². The Morgan fingerprint density at radius 1 is 1.07 bits per heavy atom. The molecular formula is C22H37N3O3. The second-order valence-corrected chi connectivity index (χ2v) is 7.11. The van der Waals surface area contributed by atoms with Gasteiger partial charge in [-0.15, -0.1) is 0 Å². The molecule has 0 aliphatic heterocycles. The van der Waals surface area contributed by atoms with Crippen LogP contribution >= 0.6 is 0 Å². The highest BCUT2D eigenvalue weighted by molar-refractivity contribution is 5.94. The molecule has 1 aromatic carbocycles. The third-order valence-corrected chi connectivity index (χ3v) is 4.81. The summed E-state index contributed by atoms with van der Waals surface area (Å²) in [5.74, 6) is 1.91. The number of nitrogens with two attached hydrogens (primary N) is 1. The average molecular weight is 392 g/mol. The Morgan fingerprint density at radius 2 is 1.86 bits per heavy atom. The number of ether oxygens (including phenoxy) is 3. The average Bonchev–Trinajstić information content (AvgIpc) is 2.70. The van der Waals surface area contributed by atoms with Crippen molar-refractivity contribution in [2.45, 2.75) is 71.3 Å². The number of nitrogens with zero attached hydrogens (tertiary/aromatic N) is 1. The molecule has 3 N–H and O–H groups in total. The third-order valence-electron chi connectivity index (χ3n) is 4.81. The van der Waals surface area contributed by atoms with Gasteiger partial charge in [-0.05, 0) is 58.1 Å². The van der Waals surface area contributed by atoms with Crippen LogP contribution in [-0.2, 0) is 4.74 Å². The molecule has 158 valence electrons. The van der Waals surface area contributed by atoms with Crippen LogP contribution in [0.5, 0.6) is 11.5 Å².